The molecule has 0 aliphatic carbocycles. The van der Waals surface area contributed by atoms with Crippen molar-refractivity contribution in [3.05, 3.63) is 41.6 Å². The van der Waals surface area contributed by atoms with Crippen LogP contribution in [-0.2, 0) is 4.74 Å². The van der Waals surface area contributed by atoms with Gasteiger partial charge in [-0.15, -0.1) is 0 Å². The van der Waals surface area contributed by atoms with Crippen LogP contribution in [0.25, 0.3) is 0 Å². The molecule has 7 heteroatoms. The molecule has 1 aliphatic rings. The molecule has 1 amide bonds. The minimum absolute atomic E-state index is 0.255. The molecule has 6 nitrogen and oxygen atoms in total. The largest absolute Gasteiger partial charge is 0.444 e. The van der Waals surface area contributed by atoms with E-state index in [2.05, 4.69) is 47.3 Å². The molecule has 0 bridgehead atoms. The molecule has 1 saturated heterocycles. The van der Waals surface area contributed by atoms with Gasteiger partial charge in [0.2, 0.25) is 5.96 Å². The summed E-state index contributed by atoms with van der Waals surface area (Å²) in [7, 11) is 0. The molecular formula is C22H32N4O2S. The number of piperidine rings is 1. The van der Waals surface area contributed by atoms with Crippen molar-refractivity contribution >= 4 is 36.2 Å². The van der Waals surface area contributed by atoms with Crippen LogP contribution >= 0.6 is 11.8 Å². The second kappa shape index (κ2) is 10.5. The maximum absolute atomic E-state index is 12.1. The molecule has 0 aromatic heterocycles. The van der Waals surface area contributed by atoms with Crippen molar-refractivity contribution < 1.29 is 9.53 Å². The van der Waals surface area contributed by atoms with Crippen LogP contribution in [0.5, 0.6) is 0 Å². The number of anilines is 1. The maximum Gasteiger partial charge on any atom is 0.410 e. The van der Waals surface area contributed by atoms with Gasteiger partial charge >= 0.3 is 6.09 Å². The SMILES string of the molecule is C=NC(=NC=C1CCN(C(=O)OC(C)(C)C)CC1)Nc1ccc(C(C)SC)cc1. The number of carbonyl (C=O) groups is 1. The second-order valence-electron chi connectivity index (χ2n) is 7.99. The fourth-order valence-electron chi connectivity index (χ4n) is 2.80. The number of hydrogen-bond donors (Lipinski definition) is 1. The Hall–Kier alpha value is -2.28. The van der Waals surface area contributed by atoms with E-state index in [9.17, 15) is 4.79 Å². The third-order valence-corrected chi connectivity index (χ3v) is 5.55. The Morgan fingerprint density at radius 3 is 2.41 bits per heavy atom. The van der Waals surface area contributed by atoms with Crippen LogP contribution < -0.4 is 5.32 Å². The van der Waals surface area contributed by atoms with E-state index in [1.807, 2.05) is 50.9 Å². The Kier molecular flexibility index (Phi) is 8.32. The number of rotatable bonds is 4. The molecule has 29 heavy (non-hydrogen) atoms. The van der Waals surface area contributed by atoms with Crippen LogP contribution in [0.2, 0.25) is 0 Å². The summed E-state index contributed by atoms with van der Waals surface area (Å²) < 4.78 is 5.43. The normalized spacial score (nSPS) is 16.2. The molecule has 1 unspecified atom stereocenters. The molecule has 1 aliphatic heterocycles. The van der Waals surface area contributed by atoms with Crippen LogP contribution in [0.4, 0.5) is 10.5 Å². The number of guanidine groups is 1. The van der Waals surface area contributed by atoms with Crippen LogP contribution in [0.1, 0.15) is 51.3 Å². The predicted molar refractivity (Wildman–Crippen MR) is 124 cm³/mol. The van der Waals surface area contributed by atoms with Crippen molar-refractivity contribution in [1.29, 1.82) is 0 Å². The number of hydrogen-bond acceptors (Lipinski definition) is 4. The summed E-state index contributed by atoms with van der Waals surface area (Å²) in [5.41, 5.74) is 2.91. The third-order valence-electron chi connectivity index (χ3n) is 4.57. The molecule has 1 aromatic rings. The van der Waals surface area contributed by atoms with E-state index < -0.39 is 5.60 Å². The van der Waals surface area contributed by atoms with Gasteiger partial charge < -0.3 is 15.0 Å². The first kappa shape index (κ1) is 23.0. The minimum atomic E-state index is -0.473. The monoisotopic (exact) mass is 416 g/mol. The minimum Gasteiger partial charge on any atom is -0.444 e. The summed E-state index contributed by atoms with van der Waals surface area (Å²) in [6.07, 6.45) is 5.22. The number of nitrogens with one attached hydrogen (secondary N) is 1. The van der Waals surface area contributed by atoms with Crippen LogP contribution in [0, 0.1) is 0 Å². The smallest absolute Gasteiger partial charge is 0.410 e. The number of aliphatic imine (C=N–C) groups is 2. The van der Waals surface area contributed by atoms with Gasteiger partial charge in [0.1, 0.15) is 5.60 Å². The average Bonchev–Trinajstić information content (AvgIpc) is 2.70. The van der Waals surface area contributed by atoms with Gasteiger partial charge in [0.05, 0.1) is 0 Å². The van der Waals surface area contributed by atoms with E-state index in [1.54, 1.807) is 4.90 Å². The summed E-state index contributed by atoms with van der Waals surface area (Å²) in [6, 6.07) is 8.26. The Balaban J connectivity index is 1.92. The number of carbonyl (C=O) groups excluding carboxylic acids is 1. The van der Waals surface area contributed by atoms with Crippen molar-refractivity contribution in [3.63, 3.8) is 0 Å². The summed E-state index contributed by atoms with van der Waals surface area (Å²) in [5.74, 6) is 0.456. The number of nitrogens with zero attached hydrogens (tertiary/aromatic N) is 3. The highest BCUT2D eigenvalue weighted by Crippen LogP contribution is 2.26. The van der Waals surface area contributed by atoms with Gasteiger partial charge in [-0.3, -0.25) is 0 Å². The topological polar surface area (TPSA) is 66.3 Å². The first-order valence-corrected chi connectivity index (χ1v) is 11.1. The molecular weight excluding hydrogens is 384 g/mol. The summed E-state index contributed by atoms with van der Waals surface area (Å²) >= 11 is 1.82. The number of thioether (sulfide) groups is 1. The lowest BCUT2D eigenvalue weighted by Crippen LogP contribution is -2.40. The van der Waals surface area contributed by atoms with Crippen molar-refractivity contribution in [2.75, 3.05) is 24.7 Å². The lowest BCUT2D eigenvalue weighted by Gasteiger charge is -2.30. The zero-order valence-electron chi connectivity index (χ0n) is 18.1. The highest BCUT2D eigenvalue weighted by atomic mass is 32.2. The molecule has 1 N–H and O–H groups in total. The summed E-state index contributed by atoms with van der Waals surface area (Å²) in [6.45, 7) is 12.7. The van der Waals surface area contributed by atoms with E-state index in [-0.39, 0.29) is 6.09 Å². The first-order valence-electron chi connectivity index (χ1n) is 9.82. The zero-order chi connectivity index (χ0) is 21.4. The average molecular weight is 417 g/mol. The van der Waals surface area contributed by atoms with Crippen LogP contribution in [-0.4, -0.2) is 48.6 Å². The molecule has 1 aromatic carbocycles. The maximum atomic E-state index is 12.1. The molecule has 1 fully saturated rings. The van der Waals surface area contributed by atoms with Crippen molar-refractivity contribution in [3.8, 4) is 0 Å². The van der Waals surface area contributed by atoms with Crippen LogP contribution in [0.3, 0.4) is 0 Å². The lowest BCUT2D eigenvalue weighted by atomic mass is 10.1. The van der Waals surface area contributed by atoms with Crippen LogP contribution in [0.15, 0.2) is 46.0 Å². The quantitative estimate of drug-likeness (QED) is 0.520. The molecule has 0 spiro atoms. The van der Waals surface area contributed by atoms with Gasteiger partial charge in [-0.1, -0.05) is 12.1 Å². The predicted octanol–water partition coefficient (Wildman–Crippen LogP) is 5.49. The molecule has 0 radical (unpaired) electrons. The summed E-state index contributed by atoms with van der Waals surface area (Å²) in [5, 5.41) is 3.65. The number of ether oxygens (including phenoxy) is 1. The van der Waals surface area contributed by atoms with E-state index in [1.165, 1.54) is 11.1 Å². The molecule has 1 atom stereocenters. The molecule has 1 heterocycles. The van der Waals surface area contributed by atoms with Gasteiger partial charge in [-0.2, -0.15) is 11.8 Å². The van der Waals surface area contributed by atoms with Crippen molar-refractivity contribution in [2.24, 2.45) is 9.98 Å². The third kappa shape index (κ3) is 7.57. The number of benzene rings is 1. The highest BCUT2D eigenvalue weighted by molar-refractivity contribution is 7.98. The van der Waals surface area contributed by atoms with Gasteiger partial charge in [-0.05, 0) is 76.8 Å². The summed E-state index contributed by atoms with van der Waals surface area (Å²) in [4.78, 5) is 22.3. The first-order chi connectivity index (χ1) is 13.7. The Morgan fingerprint density at radius 2 is 1.90 bits per heavy atom. The Labute approximate surface area is 178 Å². The van der Waals surface area contributed by atoms with Gasteiger partial charge in [-0.25, -0.2) is 14.8 Å². The number of likely N-dealkylation sites (tertiary alicyclic amines) is 1. The Bertz CT molecular complexity index is 756. The molecule has 0 saturated carbocycles. The van der Waals surface area contributed by atoms with E-state index in [0.717, 1.165) is 18.5 Å². The van der Waals surface area contributed by atoms with Gasteiger partial charge in [0, 0.05) is 30.2 Å². The fraction of sp³-hybridized carbons (Fsp3) is 0.500. The molecule has 158 valence electrons. The van der Waals surface area contributed by atoms with E-state index in [0.29, 0.717) is 24.3 Å². The molecule has 2 rings (SSSR count). The number of amides is 1. The Morgan fingerprint density at radius 1 is 1.28 bits per heavy atom. The van der Waals surface area contributed by atoms with Crippen molar-refractivity contribution in [1.82, 2.24) is 4.90 Å². The van der Waals surface area contributed by atoms with Gasteiger partial charge in [0.25, 0.3) is 0 Å². The standard InChI is InChI=1S/C22H32N4O2S/c1-16(29-6)18-7-9-19(10-8-18)25-20(23-5)24-15-17-11-13-26(14-12-17)21(27)28-22(2,3)4/h7-10,15-16H,5,11-14H2,1-4,6H3,(H,24,25). The highest BCUT2D eigenvalue weighted by Gasteiger charge is 2.24. The van der Waals surface area contributed by atoms with E-state index in [4.69, 9.17) is 4.74 Å². The zero-order valence-corrected chi connectivity index (χ0v) is 18.9. The van der Waals surface area contributed by atoms with Crippen molar-refractivity contribution in [2.45, 2.75) is 51.4 Å². The second-order valence-corrected chi connectivity index (χ2v) is 9.17. The lowest BCUT2D eigenvalue weighted by molar-refractivity contribution is 0.0236. The fourth-order valence-corrected chi connectivity index (χ4v) is 3.23. The van der Waals surface area contributed by atoms with E-state index >= 15 is 0 Å². The van der Waals surface area contributed by atoms with Gasteiger partial charge in [0.15, 0.2) is 0 Å².